The van der Waals surface area contributed by atoms with Crippen molar-refractivity contribution < 1.29 is 0 Å². The summed E-state index contributed by atoms with van der Waals surface area (Å²) in [5, 5.41) is 7.49. The molecule has 0 aromatic carbocycles. The molecule has 4 nitrogen and oxygen atoms in total. The van der Waals surface area contributed by atoms with Crippen molar-refractivity contribution in [1.29, 1.82) is 0 Å². The molecule has 0 aliphatic heterocycles. The van der Waals surface area contributed by atoms with E-state index in [4.69, 9.17) is 0 Å². The minimum absolute atomic E-state index is 0.197. The smallest absolute Gasteiger partial charge is 0.0769 e. The minimum Gasteiger partial charge on any atom is -0.311 e. The van der Waals surface area contributed by atoms with Crippen LogP contribution < -0.4 is 5.32 Å². The predicted molar refractivity (Wildman–Crippen MR) is 68.7 cm³/mol. The van der Waals surface area contributed by atoms with E-state index in [-0.39, 0.29) is 5.54 Å². The Morgan fingerprint density at radius 1 is 1.38 bits per heavy atom. The number of nitrogens with zero attached hydrogens (tertiary/aromatic N) is 3. The van der Waals surface area contributed by atoms with Crippen LogP contribution >= 0.6 is 11.5 Å². The van der Waals surface area contributed by atoms with Crippen LogP contribution in [0.1, 0.15) is 31.3 Å². The van der Waals surface area contributed by atoms with Gasteiger partial charge in [0.1, 0.15) is 0 Å². The van der Waals surface area contributed by atoms with E-state index in [0.717, 1.165) is 25.3 Å². The Morgan fingerprint density at radius 3 is 2.56 bits per heavy atom. The van der Waals surface area contributed by atoms with Gasteiger partial charge in [-0.15, -0.1) is 5.10 Å². The number of hydrogen-bond acceptors (Lipinski definition) is 5. The first-order valence-electron chi connectivity index (χ1n) is 5.60. The third-order valence-electron chi connectivity index (χ3n) is 2.31. The van der Waals surface area contributed by atoms with Crippen LogP contribution in [0.25, 0.3) is 0 Å². The lowest BCUT2D eigenvalue weighted by atomic mass is 10.1. The second kappa shape index (κ2) is 5.70. The molecule has 0 atom stereocenters. The Kier molecular flexibility index (Phi) is 4.83. The molecule has 0 saturated carbocycles. The molecule has 0 saturated heterocycles. The number of rotatable bonds is 5. The molecule has 16 heavy (non-hydrogen) atoms. The average Bonchev–Trinajstić information content (AvgIpc) is 2.49. The second-order valence-corrected chi connectivity index (χ2v) is 6.03. The average molecular weight is 242 g/mol. The first-order chi connectivity index (χ1) is 7.38. The normalized spacial score (nSPS) is 12.4. The van der Waals surface area contributed by atoms with Gasteiger partial charge in [-0.3, -0.25) is 4.90 Å². The molecule has 0 fully saturated rings. The molecule has 92 valence electrons. The Balaban J connectivity index is 2.26. The summed E-state index contributed by atoms with van der Waals surface area (Å²) < 4.78 is 3.94. The molecule has 0 radical (unpaired) electrons. The fourth-order valence-corrected chi connectivity index (χ4v) is 2.05. The van der Waals surface area contributed by atoms with E-state index in [1.54, 1.807) is 0 Å². The van der Waals surface area contributed by atoms with Gasteiger partial charge in [-0.25, -0.2) is 0 Å². The highest BCUT2D eigenvalue weighted by Crippen LogP contribution is 2.11. The Morgan fingerprint density at radius 2 is 2.06 bits per heavy atom. The van der Waals surface area contributed by atoms with Gasteiger partial charge in [-0.05, 0) is 46.3 Å². The van der Waals surface area contributed by atoms with Crippen molar-refractivity contribution in [3.63, 3.8) is 0 Å². The SMILES string of the molecule is Cc1nnsc1CN(C)CCNC(C)(C)C. The van der Waals surface area contributed by atoms with Crippen LogP contribution in [0.15, 0.2) is 0 Å². The van der Waals surface area contributed by atoms with E-state index in [2.05, 4.69) is 47.6 Å². The highest BCUT2D eigenvalue weighted by molar-refractivity contribution is 7.05. The molecule has 0 unspecified atom stereocenters. The molecule has 0 amide bonds. The lowest BCUT2D eigenvalue weighted by Gasteiger charge is -2.23. The van der Waals surface area contributed by atoms with Crippen LogP contribution in [-0.2, 0) is 6.54 Å². The first kappa shape index (κ1) is 13.5. The van der Waals surface area contributed by atoms with E-state index in [0.29, 0.717) is 0 Å². The maximum absolute atomic E-state index is 4.02. The quantitative estimate of drug-likeness (QED) is 0.853. The molecule has 1 aromatic rings. The maximum Gasteiger partial charge on any atom is 0.0769 e. The van der Waals surface area contributed by atoms with Gasteiger partial charge in [0.15, 0.2) is 0 Å². The highest BCUT2D eigenvalue weighted by Gasteiger charge is 2.10. The fourth-order valence-electron chi connectivity index (χ4n) is 1.34. The van der Waals surface area contributed by atoms with Crippen LogP contribution in [-0.4, -0.2) is 40.2 Å². The Hall–Kier alpha value is -0.520. The predicted octanol–water partition coefficient (Wildman–Crippen LogP) is 1.67. The molecule has 0 bridgehead atoms. The van der Waals surface area contributed by atoms with Crippen LogP contribution in [0.5, 0.6) is 0 Å². The van der Waals surface area contributed by atoms with Gasteiger partial charge in [-0.2, -0.15) is 0 Å². The molecule has 1 heterocycles. The van der Waals surface area contributed by atoms with Crippen molar-refractivity contribution in [2.45, 2.75) is 39.8 Å². The lowest BCUT2D eigenvalue weighted by molar-refractivity contribution is 0.305. The second-order valence-electron chi connectivity index (χ2n) is 5.20. The third-order valence-corrected chi connectivity index (χ3v) is 3.12. The molecule has 1 rings (SSSR count). The Labute approximate surface area is 102 Å². The highest BCUT2D eigenvalue weighted by atomic mass is 32.1. The molecule has 0 aliphatic carbocycles. The topological polar surface area (TPSA) is 41.1 Å². The summed E-state index contributed by atoms with van der Waals surface area (Å²) in [6.07, 6.45) is 0. The van der Waals surface area contributed by atoms with Gasteiger partial charge in [0.25, 0.3) is 0 Å². The van der Waals surface area contributed by atoms with E-state index in [9.17, 15) is 0 Å². The zero-order valence-electron chi connectivity index (χ0n) is 10.9. The van der Waals surface area contributed by atoms with Crippen LogP contribution in [0.4, 0.5) is 0 Å². The number of hydrogen-bond donors (Lipinski definition) is 1. The molecule has 0 spiro atoms. The van der Waals surface area contributed by atoms with Crippen LogP contribution in [0, 0.1) is 6.92 Å². The fraction of sp³-hybridized carbons (Fsp3) is 0.818. The van der Waals surface area contributed by atoms with Crippen molar-refractivity contribution in [1.82, 2.24) is 19.8 Å². The Bertz CT molecular complexity index is 316. The van der Waals surface area contributed by atoms with Crippen molar-refractivity contribution in [3.8, 4) is 0 Å². The van der Waals surface area contributed by atoms with Crippen molar-refractivity contribution >= 4 is 11.5 Å². The van der Waals surface area contributed by atoms with Gasteiger partial charge < -0.3 is 5.32 Å². The van der Waals surface area contributed by atoms with Crippen LogP contribution in [0.3, 0.4) is 0 Å². The van der Waals surface area contributed by atoms with Gasteiger partial charge in [0.2, 0.25) is 0 Å². The number of likely N-dealkylation sites (N-methyl/N-ethyl adjacent to an activating group) is 1. The summed E-state index contributed by atoms with van der Waals surface area (Å²) in [7, 11) is 2.13. The van der Waals surface area contributed by atoms with Gasteiger partial charge >= 0.3 is 0 Å². The van der Waals surface area contributed by atoms with E-state index in [1.165, 1.54) is 16.4 Å². The number of aryl methyl sites for hydroxylation is 1. The standard InChI is InChI=1S/C11H22N4S/c1-9-10(16-14-13-9)8-15(5)7-6-12-11(2,3)4/h12H,6-8H2,1-5H3. The zero-order valence-corrected chi connectivity index (χ0v) is 11.7. The molecule has 1 N–H and O–H groups in total. The molecule has 1 aromatic heterocycles. The molecular weight excluding hydrogens is 220 g/mol. The van der Waals surface area contributed by atoms with Gasteiger partial charge in [0, 0.05) is 25.2 Å². The van der Waals surface area contributed by atoms with Gasteiger partial charge in [-0.1, -0.05) is 4.49 Å². The summed E-state index contributed by atoms with van der Waals surface area (Å²) in [6.45, 7) is 11.5. The lowest BCUT2D eigenvalue weighted by Crippen LogP contribution is -2.40. The summed E-state index contributed by atoms with van der Waals surface area (Å²) in [5.74, 6) is 0. The van der Waals surface area contributed by atoms with Crippen LogP contribution in [0.2, 0.25) is 0 Å². The number of aromatic nitrogens is 2. The van der Waals surface area contributed by atoms with E-state index in [1.807, 2.05) is 6.92 Å². The number of nitrogens with one attached hydrogen (secondary N) is 1. The van der Waals surface area contributed by atoms with Crippen molar-refractivity contribution in [2.75, 3.05) is 20.1 Å². The van der Waals surface area contributed by atoms with Crippen molar-refractivity contribution in [2.24, 2.45) is 0 Å². The van der Waals surface area contributed by atoms with E-state index >= 15 is 0 Å². The largest absolute Gasteiger partial charge is 0.311 e. The third kappa shape index (κ3) is 5.01. The monoisotopic (exact) mass is 242 g/mol. The maximum atomic E-state index is 4.02. The molecule has 5 heteroatoms. The van der Waals surface area contributed by atoms with Gasteiger partial charge in [0.05, 0.1) is 10.6 Å². The molecule has 0 aliphatic rings. The van der Waals surface area contributed by atoms with E-state index < -0.39 is 0 Å². The first-order valence-corrected chi connectivity index (χ1v) is 6.37. The van der Waals surface area contributed by atoms with Crippen molar-refractivity contribution in [3.05, 3.63) is 10.6 Å². The summed E-state index contributed by atoms with van der Waals surface area (Å²) in [4.78, 5) is 3.55. The summed E-state index contributed by atoms with van der Waals surface area (Å²) in [6, 6.07) is 0. The zero-order chi connectivity index (χ0) is 12.2. The minimum atomic E-state index is 0.197. The summed E-state index contributed by atoms with van der Waals surface area (Å²) >= 11 is 1.49. The summed E-state index contributed by atoms with van der Waals surface area (Å²) in [5.41, 5.74) is 1.25. The molecular formula is C11H22N4S.